The van der Waals surface area contributed by atoms with Gasteiger partial charge in [0.15, 0.2) is 0 Å². The van der Waals surface area contributed by atoms with Gasteiger partial charge in [0.25, 0.3) is 0 Å². The predicted octanol–water partition coefficient (Wildman–Crippen LogP) is 3.81. The van der Waals surface area contributed by atoms with Crippen molar-refractivity contribution in [2.45, 2.75) is 20.0 Å². The Balaban J connectivity index is 1.92. The Morgan fingerprint density at radius 3 is 1.74 bits per heavy atom. The van der Waals surface area contributed by atoms with Crippen LogP contribution in [0.4, 0.5) is 11.4 Å². The summed E-state index contributed by atoms with van der Waals surface area (Å²) in [4.78, 5) is 23.7. The maximum atomic E-state index is 11.9. The lowest BCUT2D eigenvalue weighted by atomic mass is 10.3. The number of amides is 2. The number of rotatable bonds is 4. The molecule has 2 aromatic rings. The van der Waals surface area contributed by atoms with Crippen LogP contribution in [0.5, 0.6) is 5.75 Å². The lowest BCUT2D eigenvalue weighted by Crippen LogP contribution is -2.29. The van der Waals surface area contributed by atoms with Crippen molar-refractivity contribution in [3.05, 3.63) is 53.0 Å². The molecule has 0 heterocycles. The third-order valence-corrected chi connectivity index (χ3v) is 3.32. The van der Waals surface area contributed by atoms with Crippen LogP contribution in [-0.2, 0) is 9.59 Å². The third kappa shape index (κ3) is 5.41. The smallest absolute Gasteiger partial charge is 0.314 e. The lowest BCUT2D eigenvalue weighted by Gasteiger charge is -2.10. The Morgan fingerprint density at radius 2 is 1.30 bits per heavy atom. The minimum absolute atomic E-state index is 0.0760. The van der Waals surface area contributed by atoms with E-state index in [2.05, 4.69) is 26.6 Å². The Labute approximate surface area is 143 Å². The van der Waals surface area contributed by atoms with E-state index in [9.17, 15) is 9.59 Å². The molecule has 2 amide bonds. The average Bonchev–Trinajstić information content (AvgIpc) is 2.51. The van der Waals surface area contributed by atoms with Gasteiger partial charge in [-0.1, -0.05) is 15.9 Å². The number of nitrogens with one attached hydrogen (secondary N) is 2. The Bertz CT molecular complexity index is 682. The lowest BCUT2D eigenvalue weighted by molar-refractivity contribution is -0.132. The zero-order valence-electron chi connectivity index (χ0n) is 12.8. The van der Waals surface area contributed by atoms with Crippen molar-refractivity contribution in [1.29, 1.82) is 0 Å². The number of hydrogen-bond acceptors (Lipinski definition) is 3. The first-order valence-corrected chi connectivity index (χ1v) is 7.88. The molecule has 23 heavy (non-hydrogen) atoms. The molecule has 6 heteroatoms. The molecule has 2 aromatic carbocycles. The Hall–Kier alpha value is -2.34. The molecular formula is C17H17BrN2O3. The summed E-state index contributed by atoms with van der Waals surface area (Å²) in [5.74, 6) is -0.752. The van der Waals surface area contributed by atoms with Crippen molar-refractivity contribution in [2.75, 3.05) is 10.6 Å². The minimum atomic E-state index is -0.731. The molecule has 0 aliphatic rings. The first kappa shape index (κ1) is 17.0. The van der Waals surface area contributed by atoms with Gasteiger partial charge in [0.05, 0.1) is 6.10 Å². The molecule has 0 aliphatic heterocycles. The molecule has 5 nitrogen and oxygen atoms in total. The maximum absolute atomic E-state index is 11.9. The van der Waals surface area contributed by atoms with Crippen molar-refractivity contribution in [3.8, 4) is 5.75 Å². The van der Waals surface area contributed by atoms with Crippen LogP contribution in [0.1, 0.15) is 13.8 Å². The predicted molar refractivity (Wildman–Crippen MR) is 93.6 cm³/mol. The molecular weight excluding hydrogens is 360 g/mol. The van der Waals surface area contributed by atoms with Gasteiger partial charge < -0.3 is 15.4 Å². The summed E-state index contributed by atoms with van der Waals surface area (Å²) in [7, 11) is 0. The van der Waals surface area contributed by atoms with Gasteiger partial charge in [-0.3, -0.25) is 9.59 Å². The summed E-state index contributed by atoms with van der Waals surface area (Å²) < 4.78 is 6.41. The van der Waals surface area contributed by atoms with Crippen LogP contribution in [-0.4, -0.2) is 17.9 Å². The standard InChI is InChI=1S/C17H17BrN2O3/c1-11(2)23-15-9-7-14(8-10-15)20-17(22)16(21)19-13-5-3-12(18)4-6-13/h3-11H,1-2H3,(H,19,21)(H,20,22). The third-order valence-electron chi connectivity index (χ3n) is 2.79. The average molecular weight is 377 g/mol. The number of ether oxygens (including phenoxy) is 1. The fraction of sp³-hybridized carbons (Fsp3) is 0.176. The molecule has 0 fully saturated rings. The van der Waals surface area contributed by atoms with Gasteiger partial charge in [0.2, 0.25) is 0 Å². The van der Waals surface area contributed by atoms with Gasteiger partial charge in [-0.15, -0.1) is 0 Å². The second-order valence-electron chi connectivity index (χ2n) is 5.11. The van der Waals surface area contributed by atoms with E-state index in [1.807, 2.05) is 13.8 Å². The van der Waals surface area contributed by atoms with E-state index < -0.39 is 11.8 Å². The molecule has 120 valence electrons. The van der Waals surface area contributed by atoms with Crippen molar-refractivity contribution in [3.63, 3.8) is 0 Å². The highest BCUT2D eigenvalue weighted by molar-refractivity contribution is 9.10. The zero-order chi connectivity index (χ0) is 16.8. The highest BCUT2D eigenvalue weighted by atomic mass is 79.9. The molecule has 0 saturated heterocycles. The van der Waals surface area contributed by atoms with Gasteiger partial charge in [0, 0.05) is 15.8 Å². The fourth-order valence-corrected chi connectivity index (χ4v) is 2.06. The number of benzene rings is 2. The molecule has 0 aromatic heterocycles. The number of halogens is 1. The van der Waals surface area contributed by atoms with Gasteiger partial charge in [0.1, 0.15) is 5.75 Å². The number of carbonyl (C=O) groups excluding carboxylic acids is 2. The second-order valence-corrected chi connectivity index (χ2v) is 6.02. The molecule has 0 unspecified atom stereocenters. The molecule has 2 rings (SSSR count). The highest BCUT2D eigenvalue weighted by Crippen LogP contribution is 2.17. The van der Waals surface area contributed by atoms with Gasteiger partial charge in [-0.05, 0) is 62.4 Å². The van der Waals surface area contributed by atoms with Crippen LogP contribution in [0.2, 0.25) is 0 Å². The summed E-state index contributed by atoms with van der Waals surface area (Å²) >= 11 is 3.30. The first-order chi connectivity index (χ1) is 10.9. The summed E-state index contributed by atoms with van der Waals surface area (Å²) in [6.07, 6.45) is 0.0760. The molecule has 0 atom stereocenters. The molecule has 0 radical (unpaired) electrons. The largest absolute Gasteiger partial charge is 0.491 e. The van der Waals surface area contributed by atoms with Crippen molar-refractivity contribution in [1.82, 2.24) is 0 Å². The second kappa shape index (κ2) is 7.78. The monoisotopic (exact) mass is 376 g/mol. The van der Waals surface area contributed by atoms with Gasteiger partial charge in [-0.2, -0.15) is 0 Å². The van der Waals surface area contributed by atoms with Crippen LogP contribution >= 0.6 is 15.9 Å². The highest BCUT2D eigenvalue weighted by Gasteiger charge is 2.14. The quantitative estimate of drug-likeness (QED) is 0.797. The van der Waals surface area contributed by atoms with Crippen LogP contribution in [0.3, 0.4) is 0 Å². The normalized spacial score (nSPS) is 10.3. The SMILES string of the molecule is CC(C)Oc1ccc(NC(=O)C(=O)Nc2ccc(Br)cc2)cc1. The van der Waals surface area contributed by atoms with Crippen molar-refractivity contribution < 1.29 is 14.3 Å². The number of anilines is 2. The van der Waals surface area contributed by atoms with Crippen molar-refractivity contribution in [2.24, 2.45) is 0 Å². The van der Waals surface area contributed by atoms with E-state index in [1.54, 1.807) is 48.5 Å². The zero-order valence-corrected chi connectivity index (χ0v) is 14.4. The van der Waals surface area contributed by atoms with E-state index in [-0.39, 0.29) is 6.10 Å². The van der Waals surface area contributed by atoms with E-state index in [4.69, 9.17) is 4.74 Å². The summed E-state index contributed by atoms with van der Waals surface area (Å²) in [6, 6.07) is 13.8. The van der Waals surface area contributed by atoms with Gasteiger partial charge in [-0.25, -0.2) is 0 Å². The molecule has 0 aliphatic carbocycles. The number of carbonyl (C=O) groups is 2. The first-order valence-electron chi connectivity index (χ1n) is 7.08. The Morgan fingerprint density at radius 1 is 0.870 bits per heavy atom. The Kier molecular flexibility index (Phi) is 5.76. The van der Waals surface area contributed by atoms with Crippen LogP contribution in [0.15, 0.2) is 53.0 Å². The van der Waals surface area contributed by atoms with E-state index in [0.717, 1.165) is 4.47 Å². The molecule has 2 N–H and O–H groups in total. The van der Waals surface area contributed by atoms with E-state index in [1.165, 1.54) is 0 Å². The summed E-state index contributed by atoms with van der Waals surface area (Å²) in [5, 5.41) is 5.07. The minimum Gasteiger partial charge on any atom is -0.491 e. The van der Waals surface area contributed by atoms with Crippen LogP contribution in [0, 0.1) is 0 Å². The fourth-order valence-electron chi connectivity index (χ4n) is 1.80. The van der Waals surface area contributed by atoms with E-state index in [0.29, 0.717) is 17.1 Å². The van der Waals surface area contributed by atoms with Crippen molar-refractivity contribution >= 4 is 39.1 Å². The van der Waals surface area contributed by atoms with Gasteiger partial charge >= 0.3 is 11.8 Å². The molecule has 0 saturated carbocycles. The number of hydrogen-bond donors (Lipinski definition) is 2. The molecule has 0 spiro atoms. The summed E-state index contributed by atoms with van der Waals surface area (Å²) in [6.45, 7) is 3.87. The van der Waals surface area contributed by atoms with Crippen LogP contribution in [0.25, 0.3) is 0 Å². The van der Waals surface area contributed by atoms with E-state index >= 15 is 0 Å². The topological polar surface area (TPSA) is 67.4 Å². The molecule has 0 bridgehead atoms. The maximum Gasteiger partial charge on any atom is 0.314 e. The summed E-state index contributed by atoms with van der Waals surface area (Å²) in [5.41, 5.74) is 1.08. The van der Waals surface area contributed by atoms with Crippen LogP contribution < -0.4 is 15.4 Å².